The molecule has 14 heavy (non-hydrogen) atoms. The number of nitrogens with two attached hydrogens (primary N) is 1. The maximum absolute atomic E-state index is 5.39. The van der Waals surface area contributed by atoms with E-state index in [4.69, 9.17) is 5.73 Å². The normalized spacial score (nSPS) is 10.6. The van der Waals surface area contributed by atoms with Gasteiger partial charge in [-0.15, -0.1) is 0 Å². The van der Waals surface area contributed by atoms with E-state index in [1.165, 1.54) is 6.33 Å². The molecule has 0 radical (unpaired) electrons. The van der Waals surface area contributed by atoms with Gasteiger partial charge in [-0.05, 0) is 13.0 Å². The largest absolute Gasteiger partial charge is 0.368 e. The van der Waals surface area contributed by atoms with Gasteiger partial charge in [-0.3, -0.25) is 0 Å². The van der Waals surface area contributed by atoms with Crippen LogP contribution in [-0.4, -0.2) is 33.0 Å². The maximum Gasteiger partial charge on any atom is 0.182 e. The molecule has 0 aliphatic rings. The molecule has 2 aromatic rings. The van der Waals surface area contributed by atoms with Crippen molar-refractivity contribution in [2.24, 2.45) is 5.73 Å². The summed E-state index contributed by atoms with van der Waals surface area (Å²) in [4.78, 5) is 15.2. The Kier molecular flexibility index (Phi) is 2.55. The molecular weight excluding hydrogens is 180 g/mol. The van der Waals surface area contributed by atoms with E-state index in [0.29, 0.717) is 12.2 Å². The number of hydrogen-bond donors (Lipinski definition) is 3. The van der Waals surface area contributed by atoms with Gasteiger partial charge in [-0.1, -0.05) is 0 Å². The first kappa shape index (κ1) is 8.89. The predicted molar refractivity (Wildman–Crippen MR) is 53.8 cm³/mol. The van der Waals surface area contributed by atoms with Crippen molar-refractivity contribution in [3.05, 3.63) is 12.7 Å². The molecule has 0 aromatic carbocycles. The molecular formula is C8H12N6. The van der Waals surface area contributed by atoms with E-state index >= 15 is 0 Å². The zero-order chi connectivity index (χ0) is 9.80. The Hall–Kier alpha value is -1.69. The van der Waals surface area contributed by atoms with Crippen LogP contribution in [0.2, 0.25) is 0 Å². The van der Waals surface area contributed by atoms with Crippen LogP contribution < -0.4 is 11.1 Å². The van der Waals surface area contributed by atoms with Crippen molar-refractivity contribution in [3.8, 4) is 0 Å². The van der Waals surface area contributed by atoms with Crippen LogP contribution in [0.4, 0.5) is 5.82 Å². The number of H-pyrrole nitrogens is 1. The monoisotopic (exact) mass is 192 g/mol. The van der Waals surface area contributed by atoms with E-state index in [1.54, 1.807) is 6.33 Å². The quantitative estimate of drug-likeness (QED) is 0.598. The molecule has 0 spiro atoms. The molecule has 0 fully saturated rings. The number of aromatic nitrogens is 4. The van der Waals surface area contributed by atoms with Crippen LogP contribution in [0.5, 0.6) is 0 Å². The van der Waals surface area contributed by atoms with Gasteiger partial charge in [0.2, 0.25) is 0 Å². The number of nitrogens with zero attached hydrogens (tertiary/aromatic N) is 3. The Morgan fingerprint density at radius 2 is 2.29 bits per heavy atom. The van der Waals surface area contributed by atoms with E-state index in [-0.39, 0.29) is 0 Å². The van der Waals surface area contributed by atoms with Crippen LogP contribution in [0.25, 0.3) is 11.2 Å². The summed E-state index contributed by atoms with van der Waals surface area (Å²) < 4.78 is 0. The lowest BCUT2D eigenvalue weighted by atomic mass is 10.4. The highest BCUT2D eigenvalue weighted by molar-refractivity contribution is 5.81. The fraction of sp³-hybridized carbons (Fsp3) is 0.375. The lowest BCUT2D eigenvalue weighted by Gasteiger charge is -2.03. The molecule has 0 aliphatic carbocycles. The Balaban J connectivity index is 2.19. The van der Waals surface area contributed by atoms with Crippen LogP contribution in [0.3, 0.4) is 0 Å². The van der Waals surface area contributed by atoms with Crippen LogP contribution in [0, 0.1) is 0 Å². The van der Waals surface area contributed by atoms with E-state index in [2.05, 4.69) is 25.3 Å². The van der Waals surface area contributed by atoms with Crippen molar-refractivity contribution in [3.63, 3.8) is 0 Å². The molecule has 0 atom stereocenters. The summed E-state index contributed by atoms with van der Waals surface area (Å²) in [6, 6.07) is 0. The van der Waals surface area contributed by atoms with E-state index in [0.717, 1.165) is 24.3 Å². The van der Waals surface area contributed by atoms with Crippen molar-refractivity contribution in [2.45, 2.75) is 6.42 Å². The first-order valence-corrected chi connectivity index (χ1v) is 4.50. The zero-order valence-electron chi connectivity index (χ0n) is 7.70. The SMILES string of the molecule is NCCCNc1ncnc2nc[nH]c12. The molecule has 0 aliphatic heterocycles. The van der Waals surface area contributed by atoms with Crippen LogP contribution in [-0.2, 0) is 0 Å². The first-order valence-electron chi connectivity index (χ1n) is 4.50. The highest BCUT2D eigenvalue weighted by Gasteiger charge is 2.03. The minimum Gasteiger partial charge on any atom is -0.368 e. The molecule has 0 bridgehead atoms. The molecule has 6 heteroatoms. The summed E-state index contributed by atoms with van der Waals surface area (Å²) in [5, 5.41) is 3.17. The third-order valence-corrected chi connectivity index (χ3v) is 1.90. The second-order valence-corrected chi connectivity index (χ2v) is 2.89. The molecule has 2 heterocycles. The lowest BCUT2D eigenvalue weighted by Crippen LogP contribution is -2.09. The molecule has 2 aromatic heterocycles. The molecule has 0 saturated carbocycles. The Morgan fingerprint density at radius 1 is 1.36 bits per heavy atom. The summed E-state index contributed by atoms with van der Waals surface area (Å²) >= 11 is 0. The minimum atomic E-state index is 0.671. The van der Waals surface area contributed by atoms with Gasteiger partial charge in [-0.25, -0.2) is 15.0 Å². The van der Waals surface area contributed by atoms with Crippen LogP contribution in [0.15, 0.2) is 12.7 Å². The van der Waals surface area contributed by atoms with Gasteiger partial charge >= 0.3 is 0 Å². The smallest absolute Gasteiger partial charge is 0.182 e. The Labute approximate surface area is 81.0 Å². The highest BCUT2D eigenvalue weighted by atomic mass is 15.1. The van der Waals surface area contributed by atoms with Gasteiger partial charge in [0.15, 0.2) is 11.5 Å². The topological polar surface area (TPSA) is 92.5 Å². The van der Waals surface area contributed by atoms with Gasteiger partial charge in [0, 0.05) is 6.54 Å². The average molecular weight is 192 g/mol. The molecule has 4 N–H and O–H groups in total. The number of hydrogen-bond acceptors (Lipinski definition) is 5. The molecule has 6 nitrogen and oxygen atoms in total. The van der Waals surface area contributed by atoms with Crippen molar-refractivity contribution >= 4 is 17.0 Å². The minimum absolute atomic E-state index is 0.671. The molecule has 0 saturated heterocycles. The third-order valence-electron chi connectivity index (χ3n) is 1.90. The Morgan fingerprint density at radius 3 is 3.14 bits per heavy atom. The van der Waals surface area contributed by atoms with Gasteiger partial charge in [0.1, 0.15) is 11.8 Å². The summed E-state index contributed by atoms with van der Waals surface area (Å²) in [5.74, 6) is 0.779. The van der Waals surface area contributed by atoms with Crippen LogP contribution in [0.1, 0.15) is 6.42 Å². The highest BCUT2D eigenvalue weighted by Crippen LogP contribution is 2.13. The predicted octanol–water partition coefficient (Wildman–Crippen LogP) is 0.114. The molecule has 0 amide bonds. The average Bonchev–Trinajstić information content (AvgIpc) is 2.67. The van der Waals surface area contributed by atoms with Gasteiger partial charge < -0.3 is 16.0 Å². The third kappa shape index (κ3) is 1.64. The van der Waals surface area contributed by atoms with Gasteiger partial charge in [0.25, 0.3) is 0 Å². The van der Waals surface area contributed by atoms with Crippen LogP contribution >= 0.6 is 0 Å². The lowest BCUT2D eigenvalue weighted by molar-refractivity contribution is 0.870. The zero-order valence-corrected chi connectivity index (χ0v) is 7.70. The first-order chi connectivity index (χ1) is 6.92. The second-order valence-electron chi connectivity index (χ2n) is 2.89. The fourth-order valence-electron chi connectivity index (χ4n) is 1.21. The number of anilines is 1. The summed E-state index contributed by atoms with van der Waals surface area (Å²) in [6.07, 6.45) is 4.01. The van der Waals surface area contributed by atoms with Crippen molar-refractivity contribution in [1.82, 2.24) is 19.9 Å². The van der Waals surface area contributed by atoms with Crippen molar-refractivity contribution in [2.75, 3.05) is 18.4 Å². The van der Waals surface area contributed by atoms with E-state index in [9.17, 15) is 0 Å². The molecule has 0 unspecified atom stereocenters. The van der Waals surface area contributed by atoms with Gasteiger partial charge in [0.05, 0.1) is 6.33 Å². The summed E-state index contributed by atoms with van der Waals surface area (Å²) in [7, 11) is 0. The second kappa shape index (κ2) is 4.01. The van der Waals surface area contributed by atoms with Crippen molar-refractivity contribution < 1.29 is 0 Å². The van der Waals surface area contributed by atoms with Crippen molar-refractivity contribution in [1.29, 1.82) is 0 Å². The van der Waals surface area contributed by atoms with Gasteiger partial charge in [-0.2, -0.15) is 0 Å². The number of imidazole rings is 1. The fourth-order valence-corrected chi connectivity index (χ4v) is 1.21. The number of nitrogens with one attached hydrogen (secondary N) is 2. The summed E-state index contributed by atoms with van der Waals surface area (Å²) in [5.41, 5.74) is 6.91. The molecule has 74 valence electrons. The molecule has 2 rings (SSSR count). The maximum atomic E-state index is 5.39. The summed E-state index contributed by atoms with van der Waals surface area (Å²) in [6.45, 7) is 1.48. The van der Waals surface area contributed by atoms with E-state index < -0.39 is 0 Å². The standard InChI is InChI=1S/C8H12N6/c9-2-1-3-10-7-6-8(12-4-11-6)14-5-13-7/h4-5H,1-3,9H2,(H2,10,11,12,13,14). The number of fused-ring (bicyclic) bond motifs is 1. The van der Waals surface area contributed by atoms with E-state index in [1.807, 2.05) is 0 Å². The number of aromatic amines is 1. The number of rotatable bonds is 4. The Bertz CT molecular complexity index is 409.